The first-order valence-electron chi connectivity index (χ1n) is 6.34. The molecule has 98 valence electrons. The lowest BCUT2D eigenvalue weighted by Crippen LogP contribution is -2.33. The maximum absolute atomic E-state index is 11.9. The smallest absolute Gasteiger partial charge is 0.223 e. The van der Waals surface area contributed by atoms with Gasteiger partial charge in [-0.2, -0.15) is 0 Å². The van der Waals surface area contributed by atoms with E-state index in [4.69, 9.17) is 10.5 Å². The highest BCUT2D eigenvalue weighted by Gasteiger charge is 2.24. The molecular formula is C14H20N2O2. The van der Waals surface area contributed by atoms with Crippen LogP contribution in [-0.4, -0.2) is 25.7 Å². The third-order valence-corrected chi connectivity index (χ3v) is 3.48. The molecule has 0 aromatic heterocycles. The van der Waals surface area contributed by atoms with Crippen LogP contribution in [0.25, 0.3) is 0 Å². The molecule has 3 N–H and O–H groups in total. The van der Waals surface area contributed by atoms with Gasteiger partial charge in [-0.1, -0.05) is 24.3 Å². The molecule has 4 heteroatoms. The minimum Gasteiger partial charge on any atom is -0.380 e. The molecule has 1 aliphatic carbocycles. The number of hydrogen-bond acceptors (Lipinski definition) is 3. The van der Waals surface area contributed by atoms with Crippen LogP contribution in [0.4, 0.5) is 0 Å². The van der Waals surface area contributed by atoms with Gasteiger partial charge >= 0.3 is 0 Å². The van der Waals surface area contributed by atoms with E-state index in [1.165, 1.54) is 11.1 Å². The van der Waals surface area contributed by atoms with Crippen LogP contribution in [-0.2, 0) is 16.0 Å². The lowest BCUT2D eigenvalue weighted by molar-refractivity contribution is -0.124. The predicted octanol–water partition coefficient (Wildman–Crippen LogP) is 1.15. The SMILES string of the molecule is COC(CN)CC(=O)NC1CCc2ccccc21. The van der Waals surface area contributed by atoms with Crippen LogP contribution in [0.1, 0.15) is 30.0 Å². The molecule has 1 aliphatic rings. The Morgan fingerprint density at radius 3 is 3.06 bits per heavy atom. The Labute approximate surface area is 108 Å². The highest BCUT2D eigenvalue weighted by atomic mass is 16.5. The van der Waals surface area contributed by atoms with E-state index >= 15 is 0 Å². The zero-order valence-electron chi connectivity index (χ0n) is 10.7. The summed E-state index contributed by atoms with van der Waals surface area (Å²) in [5, 5.41) is 3.06. The Morgan fingerprint density at radius 2 is 2.33 bits per heavy atom. The van der Waals surface area contributed by atoms with Gasteiger partial charge in [0.25, 0.3) is 0 Å². The lowest BCUT2D eigenvalue weighted by atomic mass is 10.1. The number of rotatable bonds is 5. The van der Waals surface area contributed by atoms with Crippen molar-refractivity contribution in [1.29, 1.82) is 0 Å². The van der Waals surface area contributed by atoms with Crippen LogP contribution >= 0.6 is 0 Å². The van der Waals surface area contributed by atoms with Gasteiger partial charge in [-0.25, -0.2) is 0 Å². The van der Waals surface area contributed by atoms with Gasteiger partial charge in [-0.3, -0.25) is 4.79 Å². The molecule has 2 unspecified atom stereocenters. The van der Waals surface area contributed by atoms with Crippen LogP contribution in [0.3, 0.4) is 0 Å². The minimum atomic E-state index is -0.193. The van der Waals surface area contributed by atoms with Crippen molar-refractivity contribution >= 4 is 5.91 Å². The first-order chi connectivity index (χ1) is 8.74. The molecule has 0 aliphatic heterocycles. The second-order valence-electron chi connectivity index (χ2n) is 4.66. The average molecular weight is 248 g/mol. The molecule has 1 aromatic carbocycles. The van der Waals surface area contributed by atoms with Crippen molar-refractivity contribution in [3.8, 4) is 0 Å². The highest BCUT2D eigenvalue weighted by Crippen LogP contribution is 2.30. The molecule has 0 spiro atoms. The third kappa shape index (κ3) is 2.89. The van der Waals surface area contributed by atoms with Gasteiger partial charge in [0.2, 0.25) is 5.91 Å². The summed E-state index contributed by atoms with van der Waals surface area (Å²) in [5.41, 5.74) is 8.09. The summed E-state index contributed by atoms with van der Waals surface area (Å²) < 4.78 is 5.12. The van der Waals surface area contributed by atoms with E-state index in [1.807, 2.05) is 12.1 Å². The van der Waals surface area contributed by atoms with E-state index in [-0.39, 0.29) is 18.1 Å². The Kier molecular flexibility index (Phi) is 4.33. The average Bonchev–Trinajstić information content (AvgIpc) is 2.79. The van der Waals surface area contributed by atoms with Gasteiger partial charge in [-0.05, 0) is 24.0 Å². The number of benzene rings is 1. The molecule has 0 bridgehead atoms. The number of nitrogens with two attached hydrogens (primary N) is 1. The lowest BCUT2D eigenvalue weighted by Gasteiger charge is -2.17. The maximum Gasteiger partial charge on any atom is 0.223 e. The summed E-state index contributed by atoms with van der Waals surface area (Å²) in [5.74, 6) is 0.00834. The highest BCUT2D eigenvalue weighted by molar-refractivity contribution is 5.77. The normalized spacial score (nSPS) is 19.3. The molecule has 1 aromatic rings. The number of aryl methyl sites for hydroxylation is 1. The molecule has 4 nitrogen and oxygen atoms in total. The van der Waals surface area contributed by atoms with Crippen LogP contribution in [0, 0.1) is 0 Å². The van der Waals surface area contributed by atoms with E-state index in [2.05, 4.69) is 17.4 Å². The zero-order valence-corrected chi connectivity index (χ0v) is 10.7. The zero-order chi connectivity index (χ0) is 13.0. The van der Waals surface area contributed by atoms with Crippen LogP contribution < -0.4 is 11.1 Å². The second kappa shape index (κ2) is 5.98. The summed E-state index contributed by atoms with van der Waals surface area (Å²) in [7, 11) is 1.58. The summed E-state index contributed by atoms with van der Waals surface area (Å²) in [4.78, 5) is 11.9. The van der Waals surface area contributed by atoms with Gasteiger partial charge in [-0.15, -0.1) is 0 Å². The second-order valence-corrected chi connectivity index (χ2v) is 4.66. The first kappa shape index (κ1) is 13.1. The van der Waals surface area contributed by atoms with E-state index in [9.17, 15) is 4.79 Å². The van der Waals surface area contributed by atoms with Crippen LogP contribution in [0.2, 0.25) is 0 Å². The summed E-state index contributed by atoms with van der Waals surface area (Å²) in [6.07, 6.45) is 2.14. The van der Waals surface area contributed by atoms with Crippen LogP contribution in [0.5, 0.6) is 0 Å². The molecule has 0 radical (unpaired) electrons. The van der Waals surface area contributed by atoms with Crippen molar-refractivity contribution in [3.63, 3.8) is 0 Å². The number of fused-ring (bicyclic) bond motifs is 1. The number of carbonyl (C=O) groups excluding carboxylic acids is 1. The topological polar surface area (TPSA) is 64.3 Å². The molecule has 0 saturated heterocycles. The van der Waals surface area contributed by atoms with Crippen molar-refractivity contribution in [1.82, 2.24) is 5.32 Å². The van der Waals surface area contributed by atoms with E-state index < -0.39 is 0 Å². The van der Waals surface area contributed by atoms with Crippen molar-refractivity contribution in [2.24, 2.45) is 5.73 Å². The number of amides is 1. The fourth-order valence-electron chi connectivity index (χ4n) is 2.43. The maximum atomic E-state index is 11.9. The Hall–Kier alpha value is -1.39. The molecule has 0 saturated carbocycles. The largest absolute Gasteiger partial charge is 0.380 e. The van der Waals surface area contributed by atoms with Gasteiger partial charge in [0, 0.05) is 13.7 Å². The number of nitrogens with one attached hydrogen (secondary N) is 1. The summed E-state index contributed by atoms with van der Waals surface area (Å²) in [6, 6.07) is 8.41. The molecule has 1 amide bonds. The number of hydrogen-bond donors (Lipinski definition) is 2. The van der Waals surface area contributed by atoms with E-state index in [0.717, 1.165) is 12.8 Å². The van der Waals surface area contributed by atoms with Gasteiger partial charge in [0.05, 0.1) is 18.6 Å². The number of carbonyl (C=O) groups is 1. The molecule has 18 heavy (non-hydrogen) atoms. The van der Waals surface area contributed by atoms with E-state index in [1.54, 1.807) is 7.11 Å². The summed E-state index contributed by atoms with van der Waals surface area (Å²) in [6.45, 7) is 0.366. The molecule has 2 atom stereocenters. The fourth-order valence-corrected chi connectivity index (χ4v) is 2.43. The van der Waals surface area contributed by atoms with E-state index in [0.29, 0.717) is 13.0 Å². The Balaban J connectivity index is 1.93. The Bertz CT molecular complexity index is 416. The third-order valence-electron chi connectivity index (χ3n) is 3.48. The van der Waals surface area contributed by atoms with Gasteiger partial charge in [0.15, 0.2) is 0 Å². The van der Waals surface area contributed by atoms with Crippen molar-refractivity contribution in [3.05, 3.63) is 35.4 Å². The van der Waals surface area contributed by atoms with Gasteiger partial charge < -0.3 is 15.8 Å². The van der Waals surface area contributed by atoms with Crippen molar-refractivity contribution in [2.75, 3.05) is 13.7 Å². The quantitative estimate of drug-likeness (QED) is 0.821. The molecular weight excluding hydrogens is 228 g/mol. The monoisotopic (exact) mass is 248 g/mol. The fraction of sp³-hybridized carbons (Fsp3) is 0.500. The van der Waals surface area contributed by atoms with Crippen LogP contribution in [0.15, 0.2) is 24.3 Å². The minimum absolute atomic E-state index is 0.00834. The molecule has 2 rings (SSSR count). The van der Waals surface area contributed by atoms with Gasteiger partial charge in [0.1, 0.15) is 0 Å². The molecule has 0 heterocycles. The Morgan fingerprint density at radius 1 is 1.56 bits per heavy atom. The predicted molar refractivity (Wildman–Crippen MR) is 70.1 cm³/mol. The van der Waals surface area contributed by atoms with Crippen molar-refractivity contribution < 1.29 is 9.53 Å². The first-order valence-corrected chi connectivity index (χ1v) is 6.34. The standard InChI is InChI=1S/C14H20N2O2/c1-18-11(9-15)8-14(17)16-13-7-6-10-4-2-3-5-12(10)13/h2-5,11,13H,6-9,15H2,1H3,(H,16,17). The van der Waals surface area contributed by atoms with Crippen molar-refractivity contribution in [2.45, 2.75) is 31.4 Å². The number of methoxy groups -OCH3 is 1. The summed E-state index contributed by atoms with van der Waals surface area (Å²) >= 11 is 0. The molecule has 0 fully saturated rings. The number of ether oxygens (including phenoxy) is 1.